The standard InChI is InChI=1S/C23H35NOSi/c1-8-22(26(6)7)25-21-15-13-14-20(18-21)19-24(9-2)17-12-10-11-16-23(3,4)5/h8,10,12-15,18,22,26H,1,9,17,19H2,2-7H3. The molecule has 0 fully saturated rings. The maximum Gasteiger partial charge on any atom is 0.120 e. The molecule has 0 saturated carbocycles. The van der Waals surface area contributed by atoms with Crippen molar-refractivity contribution in [1.82, 2.24) is 4.90 Å². The molecule has 0 aliphatic rings. The van der Waals surface area contributed by atoms with Crippen LogP contribution in [0.25, 0.3) is 0 Å². The molecule has 1 rings (SSSR count). The third kappa shape index (κ3) is 9.08. The molecule has 1 aromatic carbocycles. The summed E-state index contributed by atoms with van der Waals surface area (Å²) in [6.45, 7) is 19.8. The lowest BCUT2D eigenvalue weighted by molar-refractivity contribution is 0.305. The smallest absolute Gasteiger partial charge is 0.120 e. The Bertz CT molecular complexity index is 646. The molecular weight excluding hydrogens is 334 g/mol. The van der Waals surface area contributed by atoms with Gasteiger partial charge >= 0.3 is 0 Å². The van der Waals surface area contributed by atoms with Crippen molar-refractivity contribution in [3.63, 3.8) is 0 Å². The van der Waals surface area contributed by atoms with Crippen LogP contribution in [-0.4, -0.2) is 32.5 Å². The van der Waals surface area contributed by atoms with Crippen molar-refractivity contribution >= 4 is 8.80 Å². The van der Waals surface area contributed by atoms with E-state index >= 15 is 0 Å². The summed E-state index contributed by atoms with van der Waals surface area (Å²) in [5.74, 6) is 7.30. The van der Waals surface area contributed by atoms with E-state index in [1.165, 1.54) is 5.56 Å². The molecule has 0 aromatic heterocycles. The molecule has 0 saturated heterocycles. The predicted molar refractivity (Wildman–Crippen MR) is 117 cm³/mol. The largest absolute Gasteiger partial charge is 0.491 e. The Morgan fingerprint density at radius 1 is 1.31 bits per heavy atom. The highest BCUT2D eigenvalue weighted by Crippen LogP contribution is 2.17. The minimum absolute atomic E-state index is 0.0529. The number of ether oxygens (including phenoxy) is 1. The van der Waals surface area contributed by atoms with Crippen LogP contribution in [0.3, 0.4) is 0 Å². The van der Waals surface area contributed by atoms with E-state index in [-0.39, 0.29) is 11.1 Å². The molecule has 0 heterocycles. The quantitative estimate of drug-likeness (QED) is 0.342. The highest BCUT2D eigenvalue weighted by molar-refractivity contribution is 6.57. The SMILES string of the molecule is C=CC(Oc1cccc(CN(CC)CC=CC#CC(C)(C)C)c1)[SiH](C)C. The number of rotatable bonds is 9. The minimum atomic E-state index is -0.913. The average molecular weight is 370 g/mol. The van der Waals surface area contributed by atoms with Crippen LogP contribution in [-0.2, 0) is 6.54 Å². The number of nitrogens with zero attached hydrogens (tertiary/aromatic N) is 1. The van der Waals surface area contributed by atoms with Gasteiger partial charge in [0.15, 0.2) is 0 Å². The molecule has 2 nitrogen and oxygen atoms in total. The van der Waals surface area contributed by atoms with E-state index < -0.39 is 8.80 Å². The molecule has 26 heavy (non-hydrogen) atoms. The topological polar surface area (TPSA) is 12.5 Å². The van der Waals surface area contributed by atoms with Crippen molar-refractivity contribution in [2.24, 2.45) is 5.41 Å². The van der Waals surface area contributed by atoms with E-state index in [1.54, 1.807) is 0 Å². The number of allylic oxidation sites excluding steroid dienone is 1. The number of hydrogen-bond acceptors (Lipinski definition) is 2. The Morgan fingerprint density at radius 3 is 2.62 bits per heavy atom. The molecule has 0 bridgehead atoms. The summed E-state index contributed by atoms with van der Waals surface area (Å²) in [6, 6.07) is 8.42. The van der Waals surface area contributed by atoms with Crippen molar-refractivity contribution < 1.29 is 4.74 Å². The Morgan fingerprint density at radius 2 is 2.04 bits per heavy atom. The van der Waals surface area contributed by atoms with Crippen molar-refractivity contribution in [3.05, 3.63) is 54.6 Å². The fraction of sp³-hybridized carbons (Fsp3) is 0.478. The van der Waals surface area contributed by atoms with Crippen molar-refractivity contribution in [3.8, 4) is 17.6 Å². The van der Waals surface area contributed by atoms with Gasteiger partial charge in [-0.05, 0) is 51.1 Å². The molecular formula is C23H35NOSi. The summed E-state index contributed by atoms with van der Waals surface area (Å²) >= 11 is 0. The number of hydrogen-bond donors (Lipinski definition) is 0. The average Bonchev–Trinajstić information content (AvgIpc) is 2.57. The monoisotopic (exact) mass is 369 g/mol. The normalized spacial score (nSPS) is 12.9. The van der Waals surface area contributed by atoms with Crippen molar-refractivity contribution in [2.75, 3.05) is 13.1 Å². The van der Waals surface area contributed by atoms with E-state index in [0.29, 0.717) is 0 Å². The lowest BCUT2D eigenvalue weighted by Gasteiger charge is -2.21. The molecule has 0 aliphatic heterocycles. The summed E-state index contributed by atoms with van der Waals surface area (Å²) in [4.78, 5) is 2.39. The second-order valence-corrected chi connectivity index (χ2v) is 11.1. The molecule has 1 aromatic rings. The first-order chi connectivity index (χ1) is 12.2. The Balaban J connectivity index is 2.67. The van der Waals surface area contributed by atoms with Gasteiger partial charge in [-0.1, -0.05) is 62.7 Å². The molecule has 142 valence electrons. The summed E-state index contributed by atoms with van der Waals surface area (Å²) in [5.41, 5.74) is 1.50. The van der Waals surface area contributed by atoms with E-state index in [0.717, 1.165) is 25.4 Å². The molecule has 0 spiro atoms. The van der Waals surface area contributed by atoms with Crippen LogP contribution < -0.4 is 4.74 Å². The van der Waals surface area contributed by atoms with Gasteiger partial charge in [-0.25, -0.2) is 0 Å². The van der Waals surface area contributed by atoms with Crippen LogP contribution in [0.5, 0.6) is 5.75 Å². The lowest BCUT2D eigenvalue weighted by atomic mass is 9.98. The Labute approximate surface area is 162 Å². The van der Waals surface area contributed by atoms with Gasteiger partial charge in [0.2, 0.25) is 0 Å². The Kier molecular flexibility index (Phi) is 9.47. The van der Waals surface area contributed by atoms with Gasteiger partial charge in [0.05, 0.1) is 8.80 Å². The minimum Gasteiger partial charge on any atom is -0.491 e. The Hall–Kier alpha value is -1.76. The molecule has 0 aliphatic carbocycles. The molecule has 3 heteroatoms. The van der Waals surface area contributed by atoms with E-state index in [9.17, 15) is 0 Å². The zero-order valence-corrected chi connectivity index (χ0v) is 18.5. The van der Waals surface area contributed by atoms with Crippen LogP contribution >= 0.6 is 0 Å². The number of benzene rings is 1. The van der Waals surface area contributed by atoms with Gasteiger partial charge in [-0.2, -0.15) is 0 Å². The first-order valence-electron chi connectivity index (χ1n) is 9.53. The first kappa shape index (κ1) is 22.3. The maximum atomic E-state index is 6.12. The zero-order chi connectivity index (χ0) is 19.6. The van der Waals surface area contributed by atoms with Crippen LogP contribution in [0.1, 0.15) is 33.3 Å². The van der Waals surface area contributed by atoms with Crippen LogP contribution in [0.2, 0.25) is 13.1 Å². The molecule has 1 atom stereocenters. The van der Waals surface area contributed by atoms with Gasteiger partial charge in [0, 0.05) is 18.5 Å². The molecule has 0 amide bonds. The van der Waals surface area contributed by atoms with Crippen LogP contribution in [0.15, 0.2) is 49.1 Å². The number of likely N-dealkylation sites (N-methyl/N-ethyl adjacent to an activating group) is 1. The maximum absolute atomic E-state index is 6.12. The summed E-state index contributed by atoms with van der Waals surface area (Å²) < 4.78 is 6.12. The predicted octanol–water partition coefficient (Wildman–Crippen LogP) is 5.07. The van der Waals surface area contributed by atoms with E-state index in [2.05, 4.69) is 88.4 Å². The van der Waals surface area contributed by atoms with Gasteiger partial charge < -0.3 is 4.74 Å². The van der Waals surface area contributed by atoms with E-state index in [4.69, 9.17) is 4.74 Å². The second kappa shape index (κ2) is 11.1. The molecule has 0 radical (unpaired) electrons. The molecule has 0 N–H and O–H groups in total. The second-order valence-electron chi connectivity index (χ2n) is 7.96. The molecule has 1 unspecified atom stereocenters. The van der Waals surface area contributed by atoms with Crippen molar-refractivity contribution in [1.29, 1.82) is 0 Å². The fourth-order valence-corrected chi connectivity index (χ4v) is 3.39. The summed E-state index contributed by atoms with van der Waals surface area (Å²) in [7, 11) is -0.913. The van der Waals surface area contributed by atoms with Gasteiger partial charge in [-0.15, -0.1) is 0 Å². The summed E-state index contributed by atoms with van der Waals surface area (Å²) in [5, 5.41) is 0. The lowest BCUT2D eigenvalue weighted by Crippen LogP contribution is -2.28. The fourth-order valence-electron chi connectivity index (χ4n) is 2.41. The van der Waals surface area contributed by atoms with Crippen LogP contribution in [0, 0.1) is 17.3 Å². The first-order valence-corrected chi connectivity index (χ1v) is 12.5. The highest BCUT2D eigenvalue weighted by atomic mass is 28.3. The van der Waals surface area contributed by atoms with Gasteiger partial charge in [-0.3, -0.25) is 4.90 Å². The van der Waals surface area contributed by atoms with Crippen molar-refractivity contribution in [2.45, 2.75) is 53.1 Å². The van der Waals surface area contributed by atoms with Gasteiger partial charge in [0.1, 0.15) is 11.5 Å². The highest BCUT2D eigenvalue weighted by Gasteiger charge is 2.12. The summed E-state index contributed by atoms with van der Waals surface area (Å²) in [6.07, 6.45) is 6.04. The van der Waals surface area contributed by atoms with Crippen LogP contribution in [0.4, 0.5) is 0 Å². The van der Waals surface area contributed by atoms with E-state index in [1.807, 2.05) is 18.2 Å². The zero-order valence-electron chi connectivity index (χ0n) is 17.4. The third-order valence-electron chi connectivity index (χ3n) is 3.93. The third-order valence-corrected chi connectivity index (χ3v) is 5.65. The van der Waals surface area contributed by atoms with Gasteiger partial charge in [0.25, 0.3) is 0 Å².